The summed E-state index contributed by atoms with van der Waals surface area (Å²) in [5, 5.41) is 12.0. The normalized spacial score (nSPS) is 16.0. The molecule has 1 aliphatic rings. The van der Waals surface area contributed by atoms with Crippen LogP contribution < -0.4 is 5.73 Å². The quantitative estimate of drug-likeness (QED) is 0.563. The molecule has 1 amide bonds. The lowest BCUT2D eigenvalue weighted by Gasteiger charge is -2.46. The summed E-state index contributed by atoms with van der Waals surface area (Å²) in [5.41, 5.74) is 5.38. The number of hydrogen-bond acceptors (Lipinski definition) is 7. The second kappa shape index (κ2) is 6.67. The number of carbonyl (C=O) groups is 1. The molecule has 3 aromatic rings. The molecule has 4 rings (SSSR count). The molecule has 29 heavy (non-hydrogen) atoms. The molecule has 0 aromatic carbocycles. The fourth-order valence-electron chi connectivity index (χ4n) is 3.36. The van der Waals surface area contributed by atoms with Crippen LogP contribution in [-0.4, -0.2) is 54.3 Å². The highest BCUT2D eigenvalue weighted by atomic mass is 79.9. The molecule has 0 atom stereocenters. The van der Waals surface area contributed by atoms with Gasteiger partial charge in [0, 0.05) is 29.5 Å². The number of halogens is 1. The monoisotopic (exact) mass is 460 g/mol. The third kappa shape index (κ3) is 3.65. The maximum atomic E-state index is 12.3. The molecule has 0 bridgehead atoms. The number of nitrogen functional groups attached to an aromatic ring is 1. The first-order chi connectivity index (χ1) is 13.6. The minimum atomic E-state index is -1.21. The van der Waals surface area contributed by atoms with Crippen LogP contribution in [0.2, 0.25) is 0 Å². The summed E-state index contributed by atoms with van der Waals surface area (Å²) >= 11 is 3.39. The van der Waals surface area contributed by atoms with Crippen molar-refractivity contribution >= 4 is 38.9 Å². The smallest absolute Gasteiger partial charge is 0.410 e. The SMILES string of the molecule is CC(C)(C)OC(=O)N1CC(O)(c2cn(-c3ccnc(N)n3)c3cc(Br)ncc23)C1. The second-order valence-corrected chi connectivity index (χ2v) is 8.89. The van der Waals surface area contributed by atoms with E-state index in [1.165, 1.54) is 4.90 Å². The number of likely N-dealkylation sites (tertiary alicyclic amines) is 1. The molecule has 4 heterocycles. The van der Waals surface area contributed by atoms with Crippen LogP contribution in [0.3, 0.4) is 0 Å². The van der Waals surface area contributed by atoms with Gasteiger partial charge in [0.05, 0.1) is 18.6 Å². The number of aromatic nitrogens is 4. The maximum absolute atomic E-state index is 12.3. The predicted molar refractivity (Wildman–Crippen MR) is 110 cm³/mol. The van der Waals surface area contributed by atoms with E-state index in [4.69, 9.17) is 10.5 Å². The van der Waals surface area contributed by atoms with Crippen LogP contribution in [0, 0.1) is 0 Å². The van der Waals surface area contributed by atoms with Crippen molar-refractivity contribution in [2.24, 2.45) is 0 Å². The van der Waals surface area contributed by atoms with Gasteiger partial charge in [-0.2, -0.15) is 4.98 Å². The largest absolute Gasteiger partial charge is 0.444 e. The lowest BCUT2D eigenvalue weighted by atomic mass is 9.86. The van der Waals surface area contributed by atoms with Crippen LogP contribution in [0.5, 0.6) is 0 Å². The van der Waals surface area contributed by atoms with Crippen LogP contribution >= 0.6 is 15.9 Å². The highest BCUT2D eigenvalue weighted by Crippen LogP contribution is 2.39. The molecule has 1 saturated heterocycles. The van der Waals surface area contributed by atoms with Crippen molar-refractivity contribution < 1.29 is 14.6 Å². The molecule has 0 radical (unpaired) electrons. The summed E-state index contributed by atoms with van der Waals surface area (Å²) in [7, 11) is 0. The number of carbonyl (C=O) groups excluding carboxylic acids is 1. The first-order valence-electron chi connectivity index (χ1n) is 9.02. The molecular formula is C19H21BrN6O3. The lowest BCUT2D eigenvalue weighted by molar-refractivity contribution is -0.102. The van der Waals surface area contributed by atoms with Gasteiger partial charge in [0.2, 0.25) is 5.95 Å². The van der Waals surface area contributed by atoms with Gasteiger partial charge in [-0.05, 0) is 48.8 Å². The van der Waals surface area contributed by atoms with Crippen LogP contribution in [0.25, 0.3) is 16.7 Å². The van der Waals surface area contributed by atoms with Gasteiger partial charge < -0.3 is 25.0 Å². The van der Waals surface area contributed by atoms with Crippen molar-refractivity contribution in [2.45, 2.75) is 32.0 Å². The third-order valence-electron chi connectivity index (χ3n) is 4.62. The molecule has 0 spiro atoms. The minimum Gasteiger partial charge on any atom is -0.444 e. The number of β-amino-alcohol motifs (C(OH)–C–C–N with tert-alkyl or cyclic N) is 1. The highest BCUT2D eigenvalue weighted by Gasteiger charge is 2.48. The summed E-state index contributed by atoms with van der Waals surface area (Å²) in [6.45, 7) is 5.68. The molecule has 3 N–H and O–H groups in total. The minimum absolute atomic E-state index is 0.128. The first kappa shape index (κ1) is 19.6. The van der Waals surface area contributed by atoms with Gasteiger partial charge in [-0.15, -0.1) is 0 Å². The molecule has 1 aliphatic heterocycles. The van der Waals surface area contributed by atoms with Gasteiger partial charge in [-0.1, -0.05) is 0 Å². The van der Waals surface area contributed by atoms with Crippen LogP contribution in [0.1, 0.15) is 26.3 Å². The molecule has 9 nitrogen and oxygen atoms in total. The summed E-state index contributed by atoms with van der Waals surface area (Å²) in [4.78, 5) is 26.2. The predicted octanol–water partition coefficient (Wildman–Crippen LogP) is 2.60. The average molecular weight is 461 g/mol. The number of hydrogen-bond donors (Lipinski definition) is 2. The summed E-state index contributed by atoms with van der Waals surface area (Å²) < 4.78 is 7.85. The zero-order chi connectivity index (χ0) is 21.0. The first-order valence-corrected chi connectivity index (χ1v) is 9.81. The Kier molecular flexibility index (Phi) is 4.50. The average Bonchev–Trinajstić information content (AvgIpc) is 2.96. The van der Waals surface area contributed by atoms with Gasteiger partial charge in [-0.3, -0.25) is 0 Å². The fraction of sp³-hybridized carbons (Fsp3) is 0.368. The number of nitrogens with two attached hydrogens (primary N) is 1. The van der Waals surface area contributed by atoms with Crippen molar-refractivity contribution in [3.8, 4) is 5.82 Å². The van der Waals surface area contributed by atoms with E-state index in [0.717, 1.165) is 10.9 Å². The van der Waals surface area contributed by atoms with E-state index in [9.17, 15) is 9.90 Å². The van der Waals surface area contributed by atoms with E-state index in [1.54, 1.807) is 45.4 Å². The number of rotatable bonds is 2. The Morgan fingerprint density at radius 1 is 1.34 bits per heavy atom. The molecule has 152 valence electrons. The molecule has 1 fully saturated rings. The summed E-state index contributed by atoms with van der Waals surface area (Å²) in [6, 6.07) is 3.57. The standard InChI is InChI=1S/C19H21BrN6O3/c1-18(2,3)29-17(27)25-9-19(28,10-25)12-8-26(15-4-5-22-16(21)24-15)13-6-14(20)23-7-11(12)13/h4-8,28H,9-10H2,1-3H3,(H2,21,22,24). The van der Waals surface area contributed by atoms with Gasteiger partial charge >= 0.3 is 6.09 Å². The van der Waals surface area contributed by atoms with Crippen LogP contribution in [0.4, 0.5) is 10.7 Å². The summed E-state index contributed by atoms with van der Waals surface area (Å²) in [6.07, 6.45) is 4.61. The Morgan fingerprint density at radius 3 is 2.72 bits per heavy atom. The molecule has 10 heteroatoms. The molecule has 0 aliphatic carbocycles. The second-order valence-electron chi connectivity index (χ2n) is 8.08. The molecule has 0 unspecified atom stereocenters. The highest BCUT2D eigenvalue weighted by molar-refractivity contribution is 9.10. The van der Waals surface area contributed by atoms with Crippen molar-refractivity contribution in [3.63, 3.8) is 0 Å². The maximum Gasteiger partial charge on any atom is 0.410 e. The fourth-order valence-corrected chi connectivity index (χ4v) is 3.68. The number of fused-ring (bicyclic) bond motifs is 1. The van der Waals surface area contributed by atoms with Gasteiger partial charge in [0.25, 0.3) is 0 Å². The van der Waals surface area contributed by atoms with E-state index in [1.807, 2.05) is 10.6 Å². The third-order valence-corrected chi connectivity index (χ3v) is 5.05. The number of amides is 1. The van der Waals surface area contributed by atoms with Crippen LogP contribution in [-0.2, 0) is 10.3 Å². The van der Waals surface area contributed by atoms with Crippen molar-refractivity contribution in [1.29, 1.82) is 0 Å². The van der Waals surface area contributed by atoms with Crippen molar-refractivity contribution in [2.75, 3.05) is 18.8 Å². The topological polar surface area (TPSA) is 119 Å². The number of aliphatic hydroxyl groups is 1. The number of pyridine rings is 1. The number of ether oxygens (including phenoxy) is 1. The zero-order valence-corrected chi connectivity index (χ0v) is 17.8. The Hall–Kier alpha value is -2.72. The molecular weight excluding hydrogens is 440 g/mol. The lowest BCUT2D eigenvalue weighted by Crippen LogP contribution is -2.61. The van der Waals surface area contributed by atoms with E-state index in [-0.39, 0.29) is 19.0 Å². The van der Waals surface area contributed by atoms with Crippen molar-refractivity contribution in [3.05, 3.63) is 40.9 Å². The van der Waals surface area contributed by atoms with Gasteiger partial charge in [0.1, 0.15) is 21.6 Å². The Morgan fingerprint density at radius 2 is 2.07 bits per heavy atom. The van der Waals surface area contributed by atoms with Crippen molar-refractivity contribution in [1.82, 2.24) is 24.4 Å². The Bertz CT molecular complexity index is 1100. The van der Waals surface area contributed by atoms with E-state index in [0.29, 0.717) is 16.0 Å². The molecule has 0 saturated carbocycles. The van der Waals surface area contributed by atoms with Gasteiger partial charge in [0.15, 0.2) is 0 Å². The van der Waals surface area contributed by atoms with E-state index >= 15 is 0 Å². The van der Waals surface area contributed by atoms with E-state index < -0.39 is 17.3 Å². The number of anilines is 1. The Labute approximate surface area is 175 Å². The Balaban J connectivity index is 1.71. The summed E-state index contributed by atoms with van der Waals surface area (Å²) in [5.74, 6) is 0.719. The van der Waals surface area contributed by atoms with Crippen LogP contribution in [0.15, 0.2) is 35.3 Å². The zero-order valence-electron chi connectivity index (χ0n) is 16.3. The molecule has 3 aromatic heterocycles. The number of nitrogens with zero attached hydrogens (tertiary/aromatic N) is 5. The van der Waals surface area contributed by atoms with E-state index in [2.05, 4.69) is 30.9 Å². The van der Waals surface area contributed by atoms with Gasteiger partial charge in [-0.25, -0.2) is 14.8 Å².